The fourth-order valence-corrected chi connectivity index (χ4v) is 3.28. The summed E-state index contributed by atoms with van der Waals surface area (Å²) in [5, 5.41) is 8.78. The molecule has 0 aromatic carbocycles. The van der Waals surface area contributed by atoms with E-state index >= 15 is 0 Å². The first kappa shape index (κ1) is 22.6. The van der Waals surface area contributed by atoms with Crippen LogP contribution in [0.4, 0.5) is 0 Å². The minimum Gasteiger partial charge on any atom is -0.481 e. The van der Waals surface area contributed by atoms with Gasteiger partial charge in [-0.15, -0.1) is 0 Å². The Kier molecular flexibility index (Phi) is 17.6. The van der Waals surface area contributed by atoms with Crippen LogP contribution in [0.25, 0.3) is 0 Å². The van der Waals surface area contributed by atoms with E-state index in [4.69, 9.17) is 5.11 Å². The molecule has 0 bridgehead atoms. The summed E-state index contributed by atoms with van der Waals surface area (Å²) in [7, 11) is 0. The number of hydrogen-bond acceptors (Lipinski definition) is 2. The van der Waals surface area contributed by atoms with Gasteiger partial charge in [-0.25, -0.2) is 0 Å². The lowest BCUT2D eigenvalue weighted by molar-refractivity contribution is -0.137. The molecule has 1 N–H and O–H groups in total. The molecule has 0 aromatic rings. The number of carbonyl (C=O) groups is 1. The summed E-state index contributed by atoms with van der Waals surface area (Å²) in [6, 6.07) is 0. The Bertz CT molecular complexity index is 289. The van der Waals surface area contributed by atoms with Crippen molar-refractivity contribution in [3.63, 3.8) is 0 Å². The summed E-state index contributed by atoms with van der Waals surface area (Å²) < 4.78 is 0. The molecule has 1 unspecified atom stereocenters. The van der Waals surface area contributed by atoms with Crippen molar-refractivity contribution in [2.75, 3.05) is 5.75 Å². The van der Waals surface area contributed by atoms with E-state index in [2.05, 4.69) is 31.7 Å². The van der Waals surface area contributed by atoms with Gasteiger partial charge in [0, 0.05) is 6.42 Å². The molecular weight excluding hydrogens is 304 g/mol. The fraction of sp³-hybridized carbons (Fsp3) is 0.850. The molecule has 23 heavy (non-hydrogen) atoms. The van der Waals surface area contributed by atoms with Gasteiger partial charge in [-0.3, -0.25) is 4.79 Å². The number of allylic oxidation sites excluding steroid dienone is 2. The molecule has 1 atom stereocenters. The third kappa shape index (κ3) is 17.7. The first-order chi connectivity index (χ1) is 11.2. The molecule has 3 heteroatoms. The van der Waals surface area contributed by atoms with Crippen LogP contribution in [0.5, 0.6) is 0 Å². The monoisotopic (exact) mass is 342 g/mol. The highest BCUT2D eigenvalue weighted by atomic mass is 32.1. The lowest BCUT2D eigenvalue weighted by atomic mass is 9.94. The van der Waals surface area contributed by atoms with E-state index in [9.17, 15) is 4.79 Å². The van der Waals surface area contributed by atoms with Crippen LogP contribution in [0.3, 0.4) is 0 Å². The van der Waals surface area contributed by atoms with Crippen molar-refractivity contribution in [2.24, 2.45) is 5.92 Å². The quantitative estimate of drug-likeness (QED) is 0.176. The Morgan fingerprint density at radius 1 is 0.913 bits per heavy atom. The molecule has 0 saturated heterocycles. The third-order valence-corrected chi connectivity index (χ3v) is 4.69. The van der Waals surface area contributed by atoms with Gasteiger partial charge in [-0.05, 0) is 50.2 Å². The highest BCUT2D eigenvalue weighted by Crippen LogP contribution is 2.20. The predicted molar refractivity (Wildman–Crippen MR) is 104 cm³/mol. The first-order valence-corrected chi connectivity index (χ1v) is 10.3. The van der Waals surface area contributed by atoms with Gasteiger partial charge < -0.3 is 5.11 Å². The molecule has 0 aromatic heterocycles. The van der Waals surface area contributed by atoms with Gasteiger partial charge in [0.15, 0.2) is 0 Å². The van der Waals surface area contributed by atoms with Crippen molar-refractivity contribution < 1.29 is 9.90 Å². The van der Waals surface area contributed by atoms with Crippen molar-refractivity contribution in [1.29, 1.82) is 0 Å². The summed E-state index contributed by atoms with van der Waals surface area (Å²) in [6.07, 6.45) is 21.0. The number of aliphatic carboxylic acids is 1. The second kappa shape index (κ2) is 17.9. The SMILES string of the molecule is CCCCCCCC/C=C\CCCCC(CCS)CCC(=O)O. The van der Waals surface area contributed by atoms with Gasteiger partial charge in [0.25, 0.3) is 0 Å². The molecule has 0 aliphatic rings. The number of rotatable bonds is 17. The molecule has 0 heterocycles. The average Bonchev–Trinajstić information content (AvgIpc) is 2.53. The first-order valence-electron chi connectivity index (χ1n) is 9.68. The molecule has 0 fully saturated rings. The van der Waals surface area contributed by atoms with Gasteiger partial charge in [0.1, 0.15) is 0 Å². The lowest BCUT2D eigenvalue weighted by Gasteiger charge is -2.14. The van der Waals surface area contributed by atoms with Crippen molar-refractivity contribution in [3.05, 3.63) is 12.2 Å². The van der Waals surface area contributed by atoms with E-state index in [1.807, 2.05) is 0 Å². The van der Waals surface area contributed by atoms with E-state index in [1.54, 1.807) is 0 Å². The minimum atomic E-state index is -0.674. The predicted octanol–water partition coefficient (Wildman–Crippen LogP) is 6.65. The van der Waals surface area contributed by atoms with Gasteiger partial charge in [0.05, 0.1) is 0 Å². The molecule has 0 saturated carbocycles. The van der Waals surface area contributed by atoms with E-state index in [0.717, 1.165) is 25.0 Å². The summed E-state index contributed by atoms with van der Waals surface area (Å²) in [5.74, 6) is 0.727. The Balaban J connectivity index is 3.46. The van der Waals surface area contributed by atoms with Crippen LogP contribution in [-0.2, 0) is 4.79 Å². The molecule has 0 amide bonds. The highest BCUT2D eigenvalue weighted by Gasteiger charge is 2.09. The van der Waals surface area contributed by atoms with Crippen LogP contribution in [0.1, 0.15) is 96.8 Å². The number of thiol groups is 1. The van der Waals surface area contributed by atoms with E-state index in [0.29, 0.717) is 12.3 Å². The Labute approximate surface area is 149 Å². The molecule has 0 radical (unpaired) electrons. The van der Waals surface area contributed by atoms with Crippen LogP contribution in [0.2, 0.25) is 0 Å². The van der Waals surface area contributed by atoms with Crippen molar-refractivity contribution >= 4 is 18.6 Å². The summed E-state index contributed by atoms with van der Waals surface area (Å²) in [4.78, 5) is 10.7. The molecule has 136 valence electrons. The van der Waals surface area contributed by atoms with Crippen LogP contribution >= 0.6 is 12.6 Å². The summed E-state index contributed by atoms with van der Waals surface area (Å²) in [5.41, 5.74) is 0. The second-order valence-electron chi connectivity index (χ2n) is 6.62. The highest BCUT2D eigenvalue weighted by molar-refractivity contribution is 7.80. The van der Waals surface area contributed by atoms with Crippen LogP contribution in [0, 0.1) is 5.92 Å². The lowest BCUT2D eigenvalue weighted by Crippen LogP contribution is -2.05. The second-order valence-corrected chi connectivity index (χ2v) is 7.07. The zero-order valence-electron chi connectivity index (χ0n) is 15.1. The maximum absolute atomic E-state index is 10.7. The Morgan fingerprint density at radius 2 is 1.52 bits per heavy atom. The molecule has 0 rings (SSSR count). The van der Waals surface area contributed by atoms with Gasteiger partial charge in [0.2, 0.25) is 0 Å². The van der Waals surface area contributed by atoms with Crippen molar-refractivity contribution in [2.45, 2.75) is 96.8 Å². The zero-order valence-corrected chi connectivity index (χ0v) is 16.0. The molecule has 0 aliphatic heterocycles. The number of carboxylic acids is 1. The van der Waals surface area contributed by atoms with Gasteiger partial charge >= 0.3 is 5.97 Å². The number of carboxylic acid groups (broad SMARTS) is 1. The zero-order chi connectivity index (χ0) is 17.2. The number of hydrogen-bond donors (Lipinski definition) is 2. The Hall–Kier alpha value is -0.440. The maximum Gasteiger partial charge on any atom is 0.303 e. The Morgan fingerprint density at radius 3 is 2.13 bits per heavy atom. The smallest absolute Gasteiger partial charge is 0.303 e. The van der Waals surface area contributed by atoms with E-state index < -0.39 is 5.97 Å². The van der Waals surface area contributed by atoms with E-state index in [1.165, 1.54) is 64.2 Å². The van der Waals surface area contributed by atoms with Crippen molar-refractivity contribution in [1.82, 2.24) is 0 Å². The van der Waals surface area contributed by atoms with Crippen molar-refractivity contribution in [3.8, 4) is 0 Å². The average molecular weight is 343 g/mol. The summed E-state index contributed by atoms with van der Waals surface area (Å²) in [6.45, 7) is 2.26. The third-order valence-electron chi connectivity index (χ3n) is 4.43. The number of unbranched alkanes of at least 4 members (excludes halogenated alkanes) is 8. The topological polar surface area (TPSA) is 37.3 Å². The van der Waals surface area contributed by atoms with Gasteiger partial charge in [-0.1, -0.05) is 64.0 Å². The molecule has 0 aliphatic carbocycles. The maximum atomic E-state index is 10.7. The normalized spacial score (nSPS) is 12.8. The molecule has 2 nitrogen and oxygen atoms in total. The molecule has 0 spiro atoms. The van der Waals surface area contributed by atoms with Crippen LogP contribution in [0.15, 0.2) is 12.2 Å². The molecular formula is C20H38O2S. The van der Waals surface area contributed by atoms with Crippen LogP contribution in [-0.4, -0.2) is 16.8 Å². The summed E-state index contributed by atoms with van der Waals surface area (Å²) >= 11 is 4.28. The van der Waals surface area contributed by atoms with E-state index in [-0.39, 0.29) is 0 Å². The standard InChI is InChI=1S/C20H38O2S/c1-2-3-4-5-6-7-8-9-10-11-12-13-14-19(17-18-23)15-16-20(21)22/h9-10,19,23H,2-8,11-18H2,1H3,(H,21,22)/b10-9-. The minimum absolute atomic E-state index is 0.302. The largest absolute Gasteiger partial charge is 0.481 e. The fourth-order valence-electron chi connectivity index (χ4n) is 2.92. The van der Waals surface area contributed by atoms with Gasteiger partial charge in [-0.2, -0.15) is 12.6 Å². The van der Waals surface area contributed by atoms with Crippen LogP contribution < -0.4 is 0 Å².